The largest absolute Gasteiger partial charge is 0.383 e. The predicted molar refractivity (Wildman–Crippen MR) is 90.5 cm³/mol. The van der Waals surface area contributed by atoms with Gasteiger partial charge in [-0.1, -0.05) is 37.3 Å². The molecule has 1 amide bonds. The van der Waals surface area contributed by atoms with Crippen LogP contribution in [-0.2, 0) is 28.9 Å². The van der Waals surface area contributed by atoms with Crippen LogP contribution in [0.3, 0.4) is 0 Å². The minimum absolute atomic E-state index is 0.126. The molecule has 1 aliphatic rings. The van der Waals surface area contributed by atoms with Gasteiger partial charge < -0.3 is 14.2 Å². The minimum atomic E-state index is -0.274. The fraction of sp³-hybridized carbons (Fsp3) is 0.500. The molecule has 0 saturated heterocycles. The van der Waals surface area contributed by atoms with Gasteiger partial charge in [-0.25, -0.2) is 0 Å². The van der Waals surface area contributed by atoms with E-state index in [-0.39, 0.29) is 11.9 Å². The number of methoxy groups -OCH3 is 1. The molecule has 1 aromatic heterocycles. The van der Waals surface area contributed by atoms with Crippen LogP contribution in [0.1, 0.15) is 36.6 Å². The molecular weight excluding hydrogens is 304 g/mol. The summed E-state index contributed by atoms with van der Waals surface area (Å²) in [5, 5.41) is 8.67. The number of aryl methyl sites for hydroxylation is 1. The van der Waals surface area contributed by atoms with Crippen LogP contribution in [-0.4, -0.2) is 45.8 Å². The molecule has 24 heavy (non-hydrogen) atoms. The Labute approximate surface area is 142 Å². The van der Waals surface area contributed by atoms with Crippen molar-refractivity contribution in [1.29, 1.82) is 0 Å². The smallest absolute Gasteiger partial charge is 0.246 e. The number of benzene rings is 1. The summed E-state index contributed by atoms with van der Waals surface area (Å²) in [5.74, 6) is 1.91. The molecule has 0 unspecified atom stereocenters. The highest BCUT2D eigenvalue weighted by Gasteiger charge is 2.35. The molecule has 1 aliphatic heterocycles. The molecule has 0 bridgehead atoms. The van der Waals surface area contributed by atoms with Crippen molar-refractivity contribution in [1.82, 2.24) is 19.7 Å². The topological polar surface area (TPSA) is 60.2 Å². The van der Waals surface area contributed by atoms with Crippen molar-refractivity contribution in [2.24, 2.45) is 0 Å². The van der Waals surface area contributed by atoms with Crippen molar-refractivity contribution < 1.29 is 9.53 Å². The van der Waals surface area contributed by atoms with Crippen LogP contribution in [0.15, 0.2) is 30.3 Å². The summed E-state index contributed by atoms with van der Waals surface area (Å²) < 4.78 is 7.20. The minimum Gasteiger partial charge on any atom is -0.383 e. The normalized spacial score (nSPS) is 17.2. The highest BCUT2D eigenvalue weighted by molar-refractivity contribution is 5.82. The predicted octanol–water partition coefficient (Wildman–Crippen LogP) is 2.00. The second-order valence-electron chi connectivity index (χ2n) is 6.11. The lowest BCUT2D eigenvalue weighted by atomic mass is 10.0. The number of rotatable bonds is 7. The summed E-state index contributed by atoms with van der Waals surface area (Å²) in [4.78, 5) is 14.9. The maximum atomic E-state index is 13.0. The van der Waals surface area contributed by atoms with E-state index in [0.717, 1.165) is 30.1 Å². The molecule has 0 fully saturated rings. The van der Waals surface area contributed by atoms with Gasteiger partial charge in [-0.05, 0) is 12.0 Å². The summed E-state index contributed by atoms with van der Waals surface area (Å²) in [6.45, 7) is 3.73. The van der Waals surface area contributed by atoms with Crippen LogP contribution >= 0.6 is 0 Å². The van der Waals surface area contributed by atoms with Gasteiger partial charge in [0.15, 0.2) is 5.82 Å². The second-order valence-corrected chi connectivity index (χ2v) is 6.11. The Morgan fingerprint density at radius 1 is 1.25 bits per heavy atom. The van der Waals surface area contributed by atoms with Crippen molar-refractivity contribution in [3.8, 4) is 0 Å². The van der Waals surface area contributed by atoms with Gasteiger partial charge in [0, 0.05) is 26.5 Å². The van der Waals surface area contributed by atoms with Crippen LogP contribution in [0, 0.1) is 0 Å². The number of ether oxygens (including phenoxy) is 1. The zero-order valence-electron chi connectivity index (χ0n) is 14.3. The molecule has 2 aromatic rings. The van der Waals surface area contributed by atoms with Gasteiger partial charge in [0.05, 0.1) is 13.2 Å². The Bertz CT molecular complexity index is 684. The van der Waals surface area contributed by atoms with Gasteiger partial charge in [-0.15, -0.1) is 10.2 Å². The molecule has 128 valence electrons. The van der Waals surface area contributed by atoms with Gasteiger partial charge >= 0.3 is 0 Å². The van der Waals surface area contributed by atoms with E-state index in [0.29, 0.717) is 26.1 Å². The van der Waals surface area contributed by atoms with E-state index in [4.69, 9.17) is 4.74 Å². The lowest BCUT2D eigenvalue weighted by Crippen LogP contribution is -2.45. The molecule has 1 atom stereocenters. The van der Waals surface area contributed by atoms with Crippen LogP contribution in [0.4, 0.5) is 0 Å². The molecule has 6 nitrogen and oxygen atoms in total. The van der Waals surface area contributed by atoms with Crippen LogP contribution < -0.4 is 0 Å². The van der Waals surface area contributed by atoms with Crippen molar-refractivity contribution in [3.63, 3.8) is 0 Å². The third-order valence-electron chi connectivity index (χ3n) is 4.39. The molecule has 0 spiro atoms. The lowest BCUT2D eigenvalue weighted by Gasteiger charge is -2.34. The summed E-state index contributed by atoms with van der Waals surface area (Å²) >= 11 is 0. The number of aromatic nitrogens is 3. The zero-order valence-corrected chi connectivity index (χ0v) is 14.3. The average Bonchev–Trinajstić information content (AvgIpc) is 3.00. The van der Waals surface area contributed by atoms with Crippen LogP contribution in [0.25, 0.3) is 0 Å². The average molecular weight is 328 g/mol. The third-order valence-corrected chi connectivity index (χ3v) is 4.39. The van der Waals surface area contributed by atoms with Gasteiger partial charge in [-0.3, -0.25) is 4.79 Å². The number of carbonyl (C=O) groups is 1. The Kier molecular flexibility index (Phi) is 5.25. The molecule has 0 radical (unpaired) electrons. The number of hydrogen-bond donors (Lipinski definition) is 0. The first-order chi connectivity index (χ1) is 11.7. The van der Waals surface area contributed by atoms with E-state index in [1.807, 2.05) is 23.1 Å². The van der Waals surface area contributed by atoms with Crippen molar-refractivity contribution in [2.75, 3.05) is 20.3 Å². The molecule has 0 aliphatic carbocycles. The zero-order chi connectivity index (χ0) is 16.9. The Balaban J connectivity index is 1.93. The van der Waals surface area contributed by atoms with E-state index >= 15 is 0 Å². The highest BCUT2D eigenvalue weighted by atomic mass is 16.5. The summed E-state index contributed by atoms with van der Waals surface area (Å²) in [7, 11) is 1.65. The van der Waals surface area contributed by atoms with Crippen molar-refractivity contribution >= 4 is 5.91 Å². The van der Waals surface area contributed by atoms with Crippen LogP contribution in [0.5, 0.6) is 0 Å². The van der Waals surface area contributed by atoms with Gasteiger partial charge in [0.1, 0.15) is 11.9 Å². The van der Waals surface area contributed by atoms with Gasteiger partial charge in [0.2, 0.25) is 5.91 Å². The lowest BCUT2D eigenvalue weighted by molar-refractivity contribution is -0.138. The van der Waals surface area contributed by atoms with E-state index < -0.39 is 0 Å². The Hall–Kier alpha value is -2.21. The number of amides is 1. The Morgan fingerprint density at radius 3 is 2.75 bits per heavy atom. The van der Waals surface area contributed by atoms with E-state index in [1.165, 1.54) is 0 Å². The number of nitrogens with zero attached hydrogens (tertiary/aromatic N) is 4. The van der Waals surface area contributed by atoms with Gasteiger partial charge in [-0.2, -0.15) is 0 Å². The molecule has 0 saturated carbocycles. The highest BCUT2D eigenvalue weighted by Crippen LogP contribution is 2.27. The van der Waals surface area contributed by atoms with Gasteiger partial charge in [0.25, 0.3) is 0 Å². The molecule has 1 aromatic carbocycles. The molecule has 6 heteroatoms. The van der Waals surface area contributed by atoms with Crippen LogP contribution in [0.2, 0.25) is 0 Å². The molecule has 3 rings (SSSR count). The third kappa shape index (κ3) is 3.33. The maximum absolute atomic E-state index is 13.0. The van der Waals surface area contributed by atoms with E-state index in [2.05, 4.69) is 33.8 Å². The molecular formula is C18H24N4O2. The summed E-state index contributed by atoms with van der Waals surface area (Å²) in [6, 6.07) is 9.85. The quantitative estimate of drug-likeness (QED) is 0.780. The number of fused-ring (bicyclic) bond motifs is 1. The summed E-state index contributed by atoms with van der Waals surface area (Å²) in [5.41, 5.74) is 1.14. The fourth-order valence-electron chi connectivity index (χ4n) is 3.20. The molecule has 2 heterocycles. The first-order valence-electron chi connectivity index (χ1n) is 8.49. The SMILES string of the molecule is CCCc1nnc2n1[C@H](Cc1ccccc1)C(=O)N(CCOC)C2. The standard InChI is InChI=1S/C18H24N4O2/c1-3-7-16-19-20-17-13-21(10-11-24-2)18(23)15(22(16)17)12-14-8-5-4-6-9-14/h4-6,8-9,15H,3,7,10-13H2,1-2H3/t15-/m1/s1. The van der Waals surface area contributed by atoms with Crippen molar-refractivity contribution in [3.05, 3.63) is 47.5 Å². The van der Waals surface area contributed by atoms with E-state index in [1.54, 1.807) is 7.11 Å². The number of hydrogen-bond acceptors (Lipinski definition) is 4. The molecule has 0 N–H and O–H groups in total. The number of carbonyl (C=O) groups excluding carboxylic acids is 1. The Morgan fingerprint density at radius 2 is 2.04 bits per heavy atom. The first-order valence-corrected chi connectivity index (χ1v) is 8.49. The summed E-state index contributed by atoms with van der Waals surface area (Å²) in [6.07, 6.45) is 2.48. The maximum Gasteiger partial charge on any atom is 0.246 e. The fourth-order valence-corrected chi connectivity index (χ4v) is 3.20. The monoisotopic (exact) mass is 328 g/mol. The van der Waals surface area contributed by atoms with E-state index in [9.17, 15) is 4.79 Å². The first kappa shape index (κ1) is 16.6. The second kappa shape index (κ2) is 7.57. The van der Waals surface area contributed by atoms with Crippen molar-refractivity contribution in [2.45, 2.75) is 38.8 Å².